The molecule has 0 fully saturated rings. The van der Waals surface area contributed by atoms with E-state index in [0.29, 0.717) is 27.0 Å². The summed E-state index contributed by atoms with van der Waals surface area (Å²) in [5.74, 6) is 0.482. The number of benzene rings is 1. The summed E-state index contributed by atoms with van der Waals surface area (Å²) >= 11 is 7.06. The lowest BCUT2D eigenvalue weighted by Crippen LogP contribution is -2.09. The summed E-state index contributed by atoms with van der Waals surface area (Å²) in [5.41, 5.74) is 1.15. The molecule has 106 valence electrons. The summed E-state index contributed by atoms with van der Waals surface area (Å²) in [5, 5.41) is 5.69. The van der Waals surface area contributed by atoms with Gasteiger partial charge in [0.25, 0.3) is 5.56 Å². The summed E-state index contributed by atoms with van der Waals surface area (Å²) in [6, 6.07) is 9.54. The zero-order valence-electron chi connectivity index (χ0n) is 10.9. The largest absolute Gasteiger partial charge is 0.301 e. The van der Waals surface area contributed by atoms with Gasteiger partial charge in [-0.25, -0.2) is 9.67 Å². The molecule has 1 N–H and O–H groups in total. The maximum absolute atomic E-state index is 12.1. The number of hydrogen-bond donors (Lipinski definition) is 1. The predicted molar refractivity (Wildman–Crippen MR) is 85.2 cm³/mol. The Kier molecular flexibility index (Phi) is 3.81. The lowest BCUT2D eigenvalue weighted by molar-refractivity contribution is 0.873. The number of fused-ring (bicyclic) bond motifs is 1. The Morgan fingerprint density at radius 1 is 1.38 bits per heavy atom. The number of aromatic amines is 1. The van der Waals surface area contributed by atoms with E-state index in [9.17, 15) is 4.79 Å². The van der Waals surface area contributed by atoms with Gasteiger partial charge in [-0.15, -0.1) is 0 Å². The van der Waals surface area contributed by atoms with Crippen LogP contribution in [0.3, 0.4) is 0 Å². The number of para-hydroxylation sites is 1. The van der Waals surface area contributed by atoms with Crippen molar-refractivity contribution < 1.29 is 0 Å². The third-order valence-corrected chi connectivity index (χ3v) is 4.03. The highest BCUT2D eigenvalue weighted by molar-refractivity contribution is 7.99. The van der Waals surface area contributed by atoms with Crippen molar-refractivity contribution >= 4 is 34.4 Å². The maximum atomic E-state index is 12.1. The standard InChI is InChI=1S/C14H11ClN4OS/c1-9(15)8-21-14-17-12-11(13(20)18-14)7-16-19(12)10-5-3-2-4-6-10/h2-7H,1,8H2,(H,17,18,20). The van der Waals surface area contributed by atoms with Gasteiger partial charge in [0, 0.05) is 10.8 Å². The molecule has 0 aliphatic rings. The number of thioether (sulfide) groups is 1. The van der Waals surface area contributed by atoms with Crippen molar-refractivity contribution in [1.82, 2.24) is 19.7 Å². The molecule has 21 heavy (non-hydrogen) atoms. The summed E-state index contributed by atoms with van der Waals surface area (Å²) in [7, 11) is 0. The van der Waals surface area contributed by atoms with Gasteiger partial charge >= 0.3 is 0 Å². The SMILES string of the molecule is C=C(Cl)CSc1nc2c(cnn2-c2ccccc2)c(=O)[nH]1. The fourth-order valence-electron chi connectivity index (χ4n) is 1.87. The van der Waals surface area contributed by atoms with E-state index in [4.69, 9.17) is 11.6 Å². The average Bonchev–Trinajstić information content (AvgIpc) is 2.90. The number of halogens is 1. The summed E-state index contributed by atoms with van der Waals surface area (Å²) in [6.45, 7) is 3.62. The molecule has 2 aromatic heterocycles. The molecule has 0 bridgehead atoms. The molecule has 0 atom stereocenters. The first-order chi connectivity index (χ1) is 10.1. The van der Waals surface area contributed by atoms with Crippen LogP contribution in [-0.2, 0) is 0 Å². The van der Waals surface area contributed by atoms with Crippen molar-refractivity contribution in [3.8, 4) is 5.69 Å². The zero-order valence-corrected chi connectivity index (χ0v) is 12.5. The number of hydrogen-bond acceptors (Lipinski definition) is 4. The highest BCUT2D eigenvalue weighted by Gasteiger charge is 2.11. The number of nitrogens with one attached hydrogen (secondary N) is 1. The van der Waals surface area contributed by atoms with Crippen LogP contribution in [0.1, 0.15) is 0 Å². The molecule has 0 saturated heterocycles. The van der Waals surface area contributed by atoms with Crippen LogP contribution in [0.25, 0.3) is 16.7 Å². The molecular weight excluding hydrogens is 308 g/mol. The highest BCUT2D eigenvalue weighted by Crippen LogP contribution is 2.19. The van der Waals surface area contributed by atoms with Crippen molar-refractivity contribution in [2.24, 2.45) is 0 Å². The molecule has 0 spiro atoms. The fraction of sp³-hybridized carbons (Fsp3) is 0.0714. The van der Waals surface area contributed by atoms with Gasteiger partial charge in [0.15, 0.2) is 10.8 Å². The van der Waals surface area contributed by atoms with Crippen LogP contribution in [0, 0.1) is 0 Å². The van der Waals surface area contributed by atoms with Crippen molar-refractivity contribution in [3.05, 3.63) is 58.5 Å². The van der Waals surface area contributed by atoms with E-state index in [1.807, 2.05) is 30.3 Å². The Hall–Kier alpha value is -2.05. The molecular formula is C14H11ClN4OS. The maximum Gasteiger partial charge on any atom is 0.262 e. The van der Waals surface area contributed by atoms with Crippen molar-refractivity contribution in [2.45, 2.75) is 5.16 Å². The second-order valence-electron chi connectivity index (χ2n) is 4.31. The topological polar surface area (TPSA) is 63.6 Å². The van der Waals surface area contributed by atoms with Gasteiger partial charge in [-0.05, 0) is 12.1 Å². The first-order valence-corrected chi connectivity index (χ1v) is 7.51. The molecule has 5 nitrogen and oxygen atoms in total. The third-order valence-electron chi connectivity index (χ3n) is 2.78. The van der Waals surface area contributed by atoms with Crippen LogP contribution in [0.4, 0.5) is 0 Å². The van der Waals surface area contributed by atoms with Crippen molar-refractivity contribution in [1.29, 1.82) is 0 Å². The zero-order chi connectivity index (χ0) is 14.8. The van der Waals surface area contributed by atoms with Crippen LogP contribution in [-0.4, -0.2) is 25.5 Å². The van der Waals surface area contributed by atoms with Gasteiger partial charge in [-0.2, -0.15) is 5.10 Å². The Balaban J connectivity index is 2.11. The van der Waals surface area contributed by atoms with E-state index in [0.717, 1.165) is 5.69 Å². The normalized spacial score (nSPS) is 10.9. The summed E-state index contributed by atoms with van der Waals surface area (Å²) < 4.78 is 1.64. The van der Waals surface area contributed by atoms with E-state index in [1.54, 1.807) is 4.68 Å². The minimum Gasteiger partial charge on any atom is -0.301 e. The lowest BCUT2D eigenvalue weighted by atomic mass is 10.3. The van der Waals surface area contributed by atoms with Crippen molar-refractivity contribution in [3.63, 3.8) is 0 Å². The number of rotatable bonds is 4. The Morgan fingerprint density at radius 3 is 2.86 bits per heavy atom. The molecule has 0 amide bonds. The molecule has 0 radical (unpaired) electrons. The smallest absolute Gasteiger partial charge is 0.262 e. The Morgan fingerprint density at radius 2 is 2.14 bits per heavy atom. The average molecular weight is 319 g/mol. The quantitative estimate of drug-likeness (QED) is 0.593. The van der Waals surface area contributed by atoms with Crippen LogP contribution in [0.15, 0.2) is 58.1 Å². The predicted octanol–water partition coefficient (Wildman–Crippen LogP) is 2.95. The Labute approximate surface area is 129 Å². The van der Waals surface area contributed by atoms with Crippen LogP contribution in [0.5, 0.6) is 0 Å². The van der Waals surface area contributed by atoms with Gasteiger partial charge in [0.1, 0.15) is 5.39 Å². The van der Waals surface area contributed by atoms with Crippen LogP contribution in [0.2, 0.25) is 0 Å². The number of nitrogens with zero attached hydrogens (tertiary/aromatic N) is 3. The molecule has 0 saturated carbocycles. The molecule has 3 aromatic rings. The Bertz CT molecular complexity index is 856. The minimum absolute atomic E-state index is 0.218. The molecule has 0 aliphatic heterocycles. The van der Waals surface area contributed by atoms with E-state index >= 15 is 0 Å². The number of aromatic nitrogens is 4. The van der Waals surface area contributed by atoms with Gasteiger partial charge < -0.3 is 4.98 Å². The van der Waals surface area contributed by atoms with Crippen molar-refractivity contribution in [2.75, 3.05) is 5.75 Å². The lowest BCUT2D eigenvalue weighted by Gasteiger charge is -2.04. The molecule has 2 heterocycles. The molecule has 0 unspecified atom stereocenters. The minimum atomic E-state index is -0.218. The summed E-state index contributed by atoms with van der Waals surface area (Å²) in [6.07, 6.45) is 1.52. The number of H-pyrrole nitrogens is 1. The molecule has 7 heteroatoms. The van der Waals surface area contributed by atoms with Gasteiger partial charge in [-0.1, -0.05) is 48.1 Å². The summed E-state index contributed by atoms with van der Waals surface area (Å²) in [4.78, 5) is 19.2. The second kappa shape index (κ2) is 5.75. The van der Waals surface area contributed by atoms with E-state index < -0.39 is 0 Å². The van der Waals surface area contributed by atoms with Crippen LogP contribution < -0.4 is 5.56 Å². The first kappa shape index (κ1) is 13.9. The molecule has 1 aromatic carbocycles. The third kappa shape index (κ3) is 2.86. The second-order valence-corrected chi connectivity index (χ2v) is 5.80. The molecule has 3 rings (SSSR count). The fourth-order valence-corrected chi connectivity index (χ4v) is 2.64. The van der Waals surface area contributed by atoms with E-state index in [2.05, 4.69) is 21.6 Å². The van der Waals surface area contributed by atoms with Crippen LogP contribution >= 0.6 is 23.4 Å². The van der Waals surface area contributed by atoms with Gasteiger partial charge in [-0.3, -0.25) is 4.79 Å². The van der Waals surface area contributed by atoms with E-state index in [1.165, 1.54) is 18.0 Å². The van der Waals surface area contributed by atoms with Gasteiger partial charge in [0.2, 0.25) is 0 Å². The van der Waals surface area contributed by atoms with E-state index in [-0.39, 0.29) is 5.56 Å². The monoisotopic (exact) mass is 318 g/mol. The van der Waals surface area contributed by atoms with Gasteiger partial charge in [0.05, 0.1) is 11.9 Å². The first-order valence-electron chi connectivity index (χ1n) is 6.14. The highest BCUT2D eigenvalue weighted by atomic mass is 35.5. The molecule has 0 aliphatic carbocycles.